The molecule has 1 N–H and O–H groups in total. The molecule has 80 valence electrons. The molecular weight excluding hydrogens is 184 g/mol. The van der Waals surface area contributed by atoms with E-state index in [1.165, 1.54) is 0 Å². The van der Waals surface area contributed by atoms with Crippen molar-refractivity contribution in [2.45, 2.75) is 39.0 Å². The Balaban J connectivity index is 2.25. The zero-order valence-electron chi connectivity index (χ0n) is 8.41. The maximum absolute atomic E-state index is 11.3. The Bertz CT molecular complexity index is 230. The van der Waals surface area contributed by atoms with E-state index in [1.807, 2.05) is 0 Å². The van der Waals surface area contributed by atoms with Gasteiger partial charge in [-0.3, -0.25) is 9.59 Å². The van der Waals surface area contributed by atoms with Gasteiger partial charge in [-0.25, -0.2) is 0 Å². The van der Waals surface area contributed by atoms with Crippen LogP contribution in [-0.4, -0.2) is 23.7 Å². The van der Waals surface area contributed by atoms with Gasteiger partial charge in [0.05, 0.1) is 6.61 Å². The fourth-order valence-corrected chi connectivity index (χ4v) is 1.29. The minimum atomic E-state index is -1.19. The van der Waals surface area contributed by atoms with E-state index >= 15 is 0 Å². The molecule has 0 saturated heterocycles. The van der Waals surface area contributed by atoms with Gasteiger partial charge in [-0.15, -0.1) is 0 Å². The van der Waals surface area contributed by atoms with Crippen molar-refractivity contribution in [3.8, 4) is 0 Å². The minimum absolute atomic E-state index is 0.349. The zero-order valence-corrected chi connectivity index (χ0v) is 8.41. The normalized spacial score (nSPS) is 17.5. The molecule has 0 aromatic rings. The number of hydrogen-bond donors (Lipinski definition) is 1. The summed E-state index contributed by atoms with van der Waals surface area (Å²) in [5.74, 6) is -1.60. The fraction of sp³-hybridized carbons (Fsp3) is 0.800. The molecule has 4 heteroatoms. The van der Waals surface area contributed by atoms with Crippen LogP contribution in [0.25, 0.3) is 0 Å². The Labute approximate surface area is 83.2 Å². The third-order valence-electron chi connectivity index (χ3n) is 2.53. The van der Waals surface area contributed by atoms with Crippen molar-refractivity contribution >= 4 is 11.9 Å². The molecule has 0 aliphatic heterocycles. The number of esters is 1. The first-order valence-electron chi connectivity index (χ1n) is 5.04. The lowest BCUT2D eigenvalue weighted by molar-refractivity contribution is -0.161. The minimum Gasteiger partial charge on any atom is -0.480 e. The predicted molar refractivity (Wildman–Crippen MR) is 49.8 cm³/mol. The van der Waals surface area contributed by atoms with Crippen LogP contribution in [0, 0.1) is 5.41 Å². The Morgan fingerprint density at radius 2 is 2.00 bits per heavy atom. The lowest BCUT2D eigenvalue weighted by Gasteiger charge is -2.09. The van der Waals surface area contributed by atoms with E-state index in [1.54, 1.807) is 0 Å². The molecule has 1 fully saturated rings. The number of carboxylic acids is 1. The second-order valence-electron chi connectivity index (χ2n) is 3.73. The Kier molecular flexibility index (Phi) is 3.49. The van der Waals surface area contributed by atoms with Crippen molar-refractivity contribution < 1.29 is 19.4 Å². The van der Waals surface area contributed by atoms with Crippen LogP contribution in [0.1, 0.15) is 39.0 Å². The molecule has 1 rings (SSSR count). The smallest absolute Gasteiger partial charge is 0.323 e. The van der Waals surface area contributed by atoms with Gasteiger partial charge >= 0.3 is 11.9 Å². The van der Waals surface area contributed by atoms with Gasteiger partial charge in [0.25, 0.3) is 0 Å². The quantitative estimate of drug-likeness (QED) is 0.401. The summed E-state index contributed by atoms with van der Waals surface area (Å²) in [5.41, 5.74) is -1.19. The number of hydrogen-bond acceptors (Lipinski definition) is 3. The van der Waals surface area contributed by atoms with Crippen molar-refractivity contribution in [3.63, 3.8) is 0 Å². The summed E-state index contributed by atoms with van der Waals surface area (Å²) in [6.45, 7) is 2.41. The molecule has 0 aromatic heterocycles. The number of ether oxygens (including phenoxy) is 1. The summed E-state index contributed by atoms with van der Waals surface area (Å²) in [7, 11) is 0. The van der Waals surface area contributed by atoms with Crippen LogP contribution >= 0.6 is 0 Å². The lowest BCUT2D eigenvalue weighted by Crippen LogP contribution is -2.27. The molecule has 0 atom stereocenters. The molecule has 0 spiro atoms. The second kappa shape index (κ2) is 4.44. The molecule has 0 radical (unpaired) electrons. The van der Waals surface area contributed by atoms with Gasteiger partial charge in [0.2, 0.25) is 0 Å². The molecule has 0 unspecified atom stereocenters. The first-order valence-corrected chi connectivity index (χ1v) is 5.04. The van der Waals surface area contributed by atoms with Crippen molar-refractivity contribution in [1.29, 1.82) is 0 Å². The maximum Gasteiger partial charge on any atom is 0.323 e. The summed E-state index contributed by atoms with van der Waals surface area (Å²) < 4.78 is 4.91. The molecule has 4 nitrogen and oxygen atoms in total. The van der Waals surface area contributed by atoms with E-state index in [4.69, 9.17) is 9.84 Å². The monoisotopic (exact) mass is 200 g/mol. The first-order chi connectivity index (χ1) is 6.63. The van der Waals surface area contributed by atoms with Crippen molar-refractivity contribution in [2.75, 3.05) is 6.61 Å². The molecule has 0 aromatic carbocycles. The van der Waals surface area contributed by atoms with Gasteiger partial charge in [0, 0.05) is 0 Å². The molecule has 1 saturated carbocycles. The highest BCUT2D eigenvalue weighted by molar-refractivity contribution is 6.02. The molecule has 0 heterocycles. The van der Waals surface area contributed by atoms with E-state index in [9.17, 15) is 9.59 Å². The highest BCUT2D eigenvalue weighted by Gasteiger charge is 2.58. The molecule has 14 heavy (non-hydrogen) atoms. The SMILES string of the molecule is CCCCCOC(=O)C1(C(=O)O)CC1. The molecule has 1 aliphatic carbocycles. The van der Waals surface area contributed by atoms with Crippen molar-refractivity contribution in [1.82, 2.24) is 0 Å². The summed E-state index contributed by atoms with van der Waals surface area (Å²) in [6.07, 6.45) is 3.73. The zero-order chi connectivity index (χ0) is 10.6. The molecule has 0 amide bonds. The van der Waals surface area contributed by atoms with Crippen LogP contribution in [-0.2, 0) is 14.3 Å². The third-order valence-corrected chi connectivity index (χ3v) is 2.53. The van der Waals surface area contributed by atoms with Gasteiger partial charge in [-0.05, 0) is 19.3 Å². The van der Waals surface area contributed by atoms with Gasteiger partial charge in [-0.2, -0.15) is 0 Å². The van der Waals surface area contributed by atoms with Gasteiger partial charge in [0.1, 0.15) is 0 Å². The van der Waals surface area contributed by atoms with Crippen LogP contribution < -0.4 is 0 Å². The number of carboxylic acid groups (broad SMARTS) is 1. The Morgan fingerprint density at radius 3 is 2.43 bits per heavy atom. The summed E-state index contributed by atoms with van der Waals surface area (Å²) in [5, 5.41) is 8.78. The predicted octanol–water partition coefficient (Wildman–Crippen LogP) is 1.58. The van der Waals surface area contributed by atoms with E-state index < -0.39 is 17.4 Å². The average molecular weight is 200 g/mol. The van der Waals surface area contributed by atoms with E-state index in [0.29, 0.717) is 19.4 Å². The largest absolute Gasteiger partial charge is 0.480 e. The molecule has 1 aliphatic rings. The standard InChI is InChI=1S/C10H16O4/c1-2-3-4-7-14-9(13)10(5-6-10)8(11)12/h2-7H2,1H3,(H,11,12). The number of aliphatic carboxylic acids is 1. The highest BCUT2D eigenvalue weighted by atomic mass is 16.5. The second-order valence-corrected chi connectivity index (χ2v) is 3.73. The van der Waals surface area contributed by atoms with Crippen molar-refractivity contribution in [2.24, 2.45) is 5.41 Å². The van der Waals surface area contributed by atoms with Crippen LogP contribution in [0.15, 0.2) is 0 Å². The number of unbranched alkanes of at least 4 members (excludes halogenated alkanes) is 2. The van der Waals surface area contributed by atoms with Gasteiger partial charge in [0.15, 0.2) is 5.41 Å². The van der Waals surface area contributed by atoms with Crippen LogP contribution in [0.2, 0.25) is 0 Å². The van der Waals surface area contributed by atoms with E-state index in [-0.39, 0.29) is 0 Å². The molecular formula is C10H16O4. The summed E-state index contributed by atoms with van der Waals surface area (Å²) >= 11 is 0. The molecule has 0 bridgehead atoms. The average Bonchev–Trinajstić information content (AvgIpc) is 2.92. The number of rotatable bonds is 6. The van der Waals surface area contributed by atoms with E-state index in [0.717, 1.165) is 19.3 Å². The highest BCUT2D eigenvalue weighted by Crippen LogP contribution is 2.46. The number of carbonyl (C=O) groups is 2. The first kappa shape index (κ1) is 11.0. The third kappa shape index (κ3) is 2.25. The fourth-order valence-electron chi connectivity index (χ4n) is 1.29. The number of carbonyl (C=O) groups excluding carboxylic acids is 1. The Hall–Kier alpha value is -1.06. The van der Waals surface area contributed by atoms with Gasteiger partial charge in [-0.1, -0.05) is 19.8 Å². The Morgan fingerprint density at radius 1 is 1.36 bits per heavy atom. The van der Waals surface area contributed by atoms with Crippen LogP contribution in [0.4, 0.5) is 0 Å². The van der Waals surface area contributed by atoms with Crippen molar-refractivity contribution in [3.05, 3.63) is 0 Å². The maximum atomic E-state index is 11.3. The summed E-state index contributed by atoms with van der Waals surface area (Å²) in [6, 6.07) is 0. The van der Waals surface area contributed by atoms with Gasteiger partial charge < -0.3 is 9.84 Å². The van der Waals surface area contributed by atoms with Crippen LogP contribution in [0.5, 0.6) is 0 Å². The van der Waals surface area contributed by atoms with Crippen LogP contribution in [0.3, 0.4) is 0 Å². The summed E-state index contributed by atoms with van der Waals surface area (Å²) in [4.78, 5) is 22.0. The topological polar surface area (TPSA) is 63.6 Å². The lowest BCUT2D eigenvalue weighted by atomic mass is 10.1. The van der Waals surface area contributed by atoms with E-state index in [2.05, 4.69) is 6.92 Å².